The number of aryl methyl sites for hydroxylation is 1. The van der Waals surface area contributed by atoms with Crippen LogP contribution in [-0.2, 0) is 29.2 Å². The molecule has 4 amide bonds. The van der Waals surface area contributed by atoms with Crippen LogP contribution in [0, 0.1) is 0 Å². The molecule has 2 unspecified atom stereocenters. The number of piperidine rings is 1. The number of hydrogen-bond donors (Lipinski definition) is 2. The van der Waals surface area contributed by atoms with Gasteiger partial charge in [0.05, 0.1) is 23.4 Å². The predicted molar refractivity (Wildman–Crippen MR) is 121 cm³/mol. The van der Waals surface area contributed by atoms with Gasteiger partial charge in [-0.1, -0.05) is 0 Å². The third kappa shape index (κ3) is 4.44. The Morgan fingerprint density at radius 1 is 1.14 bits per heavy atom. The van der Waals surface area contributed by atoms with Crippen molar-refractivity contribution in [2.45, 2.75) is 64.5 Å². The highest BCUT2D eigenvalue weighted by atomic mass is 16.5. The molecule has 3 aliphatic rings. The van der Waals surface area contributed by atoms with Gasteiger partial charge in [-0.2, -0.15) is 5.10 Å². The average molecular weight is 482 g/mol. The Hall–Kier alpha value is -3.57. The van der Waals surface area contributed by atoms with Crippen LogP contribution in [0.3, 0.4) is 0 Å². The molecule has 184 valence electrons. The topological polar surface area (TPSA) is 134 Å². The molecule has 11 nitrogen and oxygen atoms in total. The van der Waals surface area contributed by atoms with Crippen molar-refractivity contribution in [3.63, 3.8) is 0 Å². The summed E-state index contributed by atoms with van der Waals surface area (Å²) in [5.74, 6) is -1.64. The molecule has 0 bridgehead atoms. The van der Waals surface area contributed by atoms with Crippen molar-refractivity contribution >= 4 is 23.6 Å². The number of aromatic nitrogens is 2. The minimum atomic E-state index is -0.983. The van der Waals surface area contributed by atoms with E-state index < -0.39 is 35.9 Å². The first-order valence-corrected chi connectivity index (χ1v) is 11.8. The van der Waals surface area contributed by atoms with Crippen LogP contribution in [0.2, 0.25) is 0 Å². The van der Waals surface area contributed by atoms with Gasteiger partial charge in [0.25, 0.3) is 11.8 Å². The third-order valence-corrected chi connectivity index (χ3v) is 6.64. The summed E-state index contributed by atoms with van der Waals surface area (Å²) in [4.78, 5) is 52.1. The molecule has 1 aromatic heterocycles. The van der Waals surface area contributed by atoms with Crippen molar-refractivity contribution in [3.05, 3.63) is 46.8 Å². The molecule has 5 rings (SSSR count). The monoisotopic (exact) mass is 481 g/mol. The number of aliphatic hydroxyl groups excluding tert-OH is 1. The van der Waals surface area contributed by atoms with E-state index in [1.807, 2.05) is 15.8 Å². The van der Waals surface area contributed by atoms with Crippen LogP contribution in [0.4, 0.5) is 0 Å². The van der Waals surface area contributed by atoms with Crippen LogP contribution >= 0.6 is 0 Å². The Morgan fingerprint density at radius 3 is 2.69 bits per heavy atom. The molecule has 2 aromatic rings. The number of amides is 4. The van der Waals surface area contributed by atoms with Crippen LogP contribution in [-0.4, -0.2) is 67.2 Å². The van der Waals surface area contributed by atoms with E-state index in [0.717, 1.165) is 35.5 Å². The zero-order valence-corrected chi connectivity index (χ0v) is 19.4. The van der Waals surface area contributed by atoms with Crippen LogP contribution in [0.1, 0.15) is 64.6 Å². The fourth-order valence-corrected chi connectivity index (χ4v) is 4.72. The van der Waals surface area contributed by atoms with Gasteiger partial charge in [0.2, 0.25) is 11.8 Å². The average Bonchev–Trinajstić information content (AvgIpc) is 3.45. The molecule has 0 spiro atoms. The number of aliphatic hydroxyl groups is 1. The van der Waals surface area contributed by atoms with Gasteiger partial charge in [-0.05, 0) is 44.4 Å². The van der Waals surface area contributed by atoms with E-state index in [2.05, 4.69) is 10.4 Å². The number of imide groups is 2. The Balaban J connectivity index is 1.12. The smallest absolute Gasteiger partial charge is 0.262 e. The van der Waals surface area contributed by atoms with E-state index >= 15 is 0 Å². The summed E-state index contributed by atoms with van der Waals surface area (Å²) < 4.78 is 7.72. The van der Waals surface area contributed by atoms with Gasteiger partial charge in [0.1, 0.15) is 18.0 Å². The SMILES string of the molecule is CC(O)N1Cc2cn(CCCCOc3ccc4c(c3)C(=O)N(C3CCC(=O)NC3=O)C4=O)nc2C1. The predicted octanol–water partition coefficient (Wildman–Crippen LogP) is 0.797. The molecule has 0 saturated carbocycles. The van der Waals surface area contributed by atoms with Crippen molar-refractivity contribution in [3.8, 4) is 5.75 Å². The number of hydrogen-bond acceptors (Lipinski definition) is 8. The fraction of sp³-hybridized carbons (Fsp3) is 0.458. The molecule has 1 saturated heterocycles. The lowest BCUT2D eigenvalue weighted by atomic mass is 10.0. The summed E-state index contributed by atoms with van der Waals surface area (Å²) in [5.41, 5.74) is 2.58. The summed E-state index contributed by atoms with van der Waals surface area (Å²) in [6, 6.07) is 3.74. The molecule has 2 atom stereocenters. The van der Waals surface area contributed by atoms with Crippen molar-refractivity contribution in [2.24, 2.45) is 0 Å². The van der Waals surface area contributed by atoms with Crippen LogP contribution in [0.15, 0.2) is 24.4 Å². The second-order valence-electron chi connectivity index (χ2n) is 9.11. The largest absolute Gasteiger partial charge is 0.494 e. The van der Waals surface area contributed by atoms with Crippen LogP contribution in [0.5, 0.6) is 5.75 Å². The van der Waals surface area contributed by atoms with E-state index in [1.54, 1.807) is 19.1 Å². The number of carbonyl (C=O) groups excluding carboxylic acids is 4. The molecular formula is C24H27N5O6. The number of benzene rings is 1. The third-order valence-electron chi connectivity index (χ3n) is 6.64. The van der Waals surface area contributed by atoms with Gasteiger partial charge in [0, 0.05) is 37.8 Å². The number of carbonyl (C=O) groups is 4. The van der Waals surface area contributed by atoms with Crippen molar-refractivity contribution in [1.29, 1.82) is 0 Å². The summed E-state index contributed by atoms with van der Waals surface area (Å²) in [7, 11) is 0. The van der Waals surface area contributed by atoms with Crippen molar-refractivity contribution in [2.75, 3.05) is 6.61 Å². The van der Waals surface area contributed by atoms with E-state index in [0.29, 0.717) is 25.4 Å². The van der Waals surface area contributed by atoms with E-state index in [4.69, 9.17) is 4.74 Å². The summed E-state index contributed by atoms with van der Waals surface area (Å²) >= 11 is 0. The summed E-state index contributed by atoms with van der Waals surface area (Å²) in [6.07, 6.45) is 3.37. The van der Waals surface area contributed by atoms with Gasteiger partial charge < -0.3 is 9.84 Å². The number of nitrogens with one attached hydrogen (secondary N) is 1. The number of unbranched alkanes of at least 4 members (excludes halogenated alkanes) is 1. The van der Waals surface area contributed by atoms with Gasteiger partial charge in [-0.15, -0.1) is 0 Å². The maximum atomic E-state index is 12.9. The maximum Gasteiger partial charge on any atom is 0.262 e. The standard InChI is InChI=1S/C24H27N5O6/c1-14(30)27-11-15-12-28(26-19(15)13-27)8-2-3-9-35-16-4-5-17-18(10-16)24(34)29(23(17)33)20-6-7-21(31)25-22(20)32/h4-5,10,12,14,20,30H,2-3,6-9,11,13H2,1H3,(H,25,31,32). The highest BCUT2D eigenvalue weighted by molar-refractivity contribution is 6.23. The molecule has 4 heterocycles. The van der Waals surface area contributed by atoms with Crippen LogP contribution < -0.4 is 10.1 Å². The summed E-state index contributed by atoms with van der Waals surface area (Å²) in [5, 5.41) is 16.5. The second kappa shape index (κ2) is 9.23. The minimum Gasteiger partial charge on any atom is -0.494 e. The number of rotatable bonds is 8. The molecule has 1 aromatic carbocycles. The Morgan fingerprint density at radius 2 is 1.94 bits per heavy atom. The molecule has 0 radical (unpaired) electrons. The van der Waals surface area contributed by atoms with Gasteiger partial charge in [-0.25, -0.2) is 0 Å². The normalized spacial score (nSPS) is 20.7. The van der Waals surface area contributed by atoms with Gasteiger partial charge in [0.15, 0.2) is 0 Å². The van der Waals surface area contributed by atoms with Crippen molar-refractivity contribution < 1.29 is 29.0 Å². The first-order valence-electron chi connectivity index (χ1n) is 11.8. The number of nitrogens with zero attached hydrogens (tertiary/aromatic N) is 4. The quantitative estimate of drug-likeness (QED) is 0.418. The Kier molecular flexibility index (Phi) is 6.12. The lowest BCUT2D eigenvalue weighted by Crippen LogP contribution is -2.54. The van der Waals surface area contributed by atoms with Crippen molar-refractivity contribution in [1.82, 2.24) is 24.9 Å². The zero-order valence-electron chi connectivity index (χ0n) is 19.4. The molecular weight excluding hydrogens is 454 g/mol. The van der Waals surface area contributed by atoms with E-state index in [9.17, 15) is 24.3 Å². The fourth-order valence-electron chi connectivity index (χ4n) is 4.72. The molecule has 11 heteroatoms. The molecule has 35 heavy (non-hydrogen) atoms. The Bertz CT molecular complexity index is 1180. The Labute approximate surface area is 201 Å². The number of fused-ring (bicyclic) bond motifs is 2. The first-order chi connectivity index (χ1) is 16.8. The zero-order chi connectivity index (χ0) is 24.7. The molecule has 1 fully saturated rings. The highest BCUT2D eigenvalue weighted by Gasteiger charge is 2.44. The second-order valence-corrected chi connectivity index (χ2v) is 9.11. The summed E-state index contributed by atoms with van der Waals surface area (Å²) in [6.45, 7) is 4.31. The first kappa shape index (κ1) is 23.2. The van der Waals surface area contributed by atoms with Gasteiger partial charge in [-0.3, -0.25) is 39.0 Å². The van der Waals surface area contributed by atoms with Gasteiger partial charge >= 0.3 is 0 Å². The lowest BCUT2D eigenvalue weighted by molar-refractivity contribution is -0.136. The molecule has 0 aliphatic carbocycles. The maximum absolute atomic E-state index is 12.9. The number of ether oxygens (including phenoxy) is 1. The highest BCUT2D eigenvalue weighted by Crippen LogP contribution is 2.30. The lowest BCUT2D eigenvalue weighted by Gasteiger charge is -2.27. The van der Waals surface area contributed by atoms with E-state index in [-0.39, 0.29) is 24.0 Å². The minimum absolute atomic E-state index is 0.0830. The molecule has 3 aliphatic heterocycles. The molecule has 2 N–H and O–H groups in total. The van der Waals surface area contributed by atoms with E-state index in [1.165, 1.54) is 6.07 Å². The van der Waals surface area contributed by atoms with Crippen LogP contribution in [0.25, 0.3) is 0 Å².